The summed E-state index contributed by atoms with van der Waals surface area (Å²) in [5, 5.41) is 9.38. The second kappa shape index (κ2) is 7.09. The Morgan fingerprint density at radius 3 is 2.75 bits per heavy atom. The Balaban J connectivity index is 2.04. The molecule has 1 aliphatic rings. The van der Waals surface area contributed by atoms with Crippen LogP contribution >= 0.6 is 0 Å². The lowest BCUT2D eigenvalue weighted by atomic mass is 9.98. The molecule has 106 valence electrons. The molecule has 2 atom stereocenters. The van der Waals surface area contributed by atoms with E-state index in [4.69, 9.17) is 0 Å². The molecular weight excluding hydrogens is 248 g/mol. The first-order valence-electron chi connectivity index (χ1n) is 7.47. The SMILES string of the molecule is CCC1CCC(=O)N(CC(C#N)c2ccccc2)CC1. The molecule has 0 aromatic heterocycles. The molecule has 1 aromatic carbocycles. The Hall–Kier alpha value is -1.82. The third kappa shape index (κ3) is 3.60. The minimum absolute atomic E-state index is 0.206. The number of benzene rings is 1. The van der Waals surface area contributed by atoms with Gasteiger partial charge in [0.15, 0.2) is 0 Å². The number of hydrogen-bond acceptors (Lipinski definition) is 2. The van der Waals surface area contributed by atoms with Crippen molar-refractivity contribution in [3.8, 4) is 6.07 Å². The highest BCUT2D eigenvalue weighted by atomic mass is 16.2. The first-order chi connectivity index (χ1) is 9.74. The van der Waals surface area contributed by atoms with Crippen LogP contribution in [0, 0.1) is 17.2 Å². The van der Waals surface area contributed by atoms with E-state index >= 15 is 0 Å². The summed E-state index contributed by atoms with van der Waals surface area (Å²) in [5.41, 5.74) is 0.999. The van der Waals surface area contributed by atoms with Gasteiger partial charge in [-0.25, -0.2) is 0 Å². The lowest BCUT2D eigenvalue weighted by Gasteiger charge is -2.23. The number of carbonyl (C=O) groups excluding carboxylic acids is 1. The fraction of sp³-hybridized carbons (Fsp3) is 0.529. The number of carbonyl (C=O) groups is 1. The van der Waals surface area contributed by atoms with Gasteiger partial charge < -0.3 is 4.90 Å². The zero-order valence-electron chi connectivity index (χ0n) is 12.1. The van der Waals surface area contributed by atoms with E-state index in [1.807, 2.05) is 35.2 Å². The molecule has 3 heteroatoms. The van der Waals surface area contributed by atoms with Crippen molar-refractivity contribution in [3.05, 3.63) is 35.9 Å². The van der Waals surface area contributed by atoms with Gasteiger partial charge in [0.2, 0.25) is 5.91 Å². The van der Waals surface area contributed by atoms with E-state index in [1.165, 1.54) is 0 Å². The number of rotatable bonds is 4. The topological polar surface area (TPSA) is 44.1 Å². The summed E-state index contributed by atoms with van der Waals surface area (Å²) in [6.45, 7) is 3.50. The fourth-order valence-corrected chi connectivity index (χ4v) is 2.82. The zero-order valence-corrected chi connectivity index (χ0v) is 12.1. The third-order valence-electron chi connectivity index (χ3n) is 4.26. The van der Waals surface area contributed by atoms with Crippen molar-refractivity contribution >= 4 is 5.91 Å². The van der Waals surface area contributed by atoms with Crippen LogP contribution in [0.15, 0.2) is 30.3 Å². The normalized spacial score (nSPS) is 21.1. The molecule has 0 spiro atoms. The number of hydrogen-bond donors (Lipinski definition) is 0. The van der Waals surface area contributed by atoms with E-state index in [0.29, 0.717) is 18.9 Å². The molecule has 0 radical (unpaired) electrons. The van der Waals surface area contributed by atoms with Crippen molar-refractivity contribution in [3.63, 3.8) is 0 Å². The lowest BCUT2D eigenvalue weighted by molar-refractivity contribution is -0.130. The first kappa shape index (κ1) is 14.6. The van der Waals surface area contributed by atoms with Gasteiger partial charge >= 0.3 is 0 Å². The van der Waals surface area contributed by atoms with Crippen LogP contribution in [-0.2, 0) is 4.79 Å². The highest BCUT2D eigenvalue weighted by molar-refractivity contribution is 5.76. The van der Waals surface area contributed by atoms with E-state index in [-0.39, 0.29) is 11.8 Å². The van der Waals surface area contributed by atoms with Gasteiger partial charge in [-0.05, 0) is 24.3 Å². The highest BCUT2D eigenvalue weighted by Crippen LogP contribution is 2.23. The molecule has 1 aliphatic heterocycles. The van der Waals surface area contributed by atoms with Crippen LogP contribution < -0.4 is 0 Å². The van der Waals surface area contributed by atoms with Gasteiger partial charge in [-0.1, -0.05) is 43.7 Å². The largest absolute Gasteiger partial charge is 0.341 e. The molecule has 20 heavy (non-hydrogen) atoms. The van der Waals surface area contributed by atoms with Gasteiger partial charge in [-0.2, -0.15) is 5.26 Å². The average molecular weight is 270 g/mol. The van der Waals surface area contributed by atoms with E-state index < -0.39 is 0 Å². The van der Waals surface area contributed by atoms with Crippen molar-refractivity contribution < 1.29 is 4.79 Å². The van der Waals surface area contributed by atoms with Crippen LogP contribution in [0.4, 0.5) is 0 Å². The van der Waals surface area contributed by atoms with E-state index in [1.54, 1.807) is 0 Å². The number of nitriles is 1. The minimum atomic E-state index is -0.224. The molecule has 2 rings (SSSR count). The van der Waals surface area contributed by atoms with Gasteiger partial charge in [0.05, 0.1) is 12.0 Å². The Morgan fingerprint density at radius 2 is 2.10 bits per heavy atom. The molecule has 1 saturated heterocycles. The van der Waals surface area contributed by atoms with Crippen LogP contribution in [0.25, 0.3) is 0 Å². The molecule has 0 aliphatic carbocycles. The van der Waals surface area contributed by atoms with Crippen LogP contribution in [0.2, 0.25) is 0 Å². The summed E-state index contributed by atoms with van der Waals surface area (Å²) < 4.78 is 0. The van der Waals surface area contributed by atoms with Crippen molar-refractivity contribution in [2.45, 2.75) is 38.5 Å². The van der Waals surface area contributed by atoms with Gasteiger partial charge in [0.25, 0.3) is 0 Å². The summed E-state index contributed by atoms with van der Waals surface area (Å²) in [7, 11) is 0. The molecule has 1 amide bonds. The van der Waals surface area contributed by atoms with Crippen LogP contribution in [0.5, 0.6) is 0 Å². The fourth-order valence-electron chi connectivity index (χ4n) is 2.82. The molecule has 1 heterocycles. The van der Waals surface area contributed by atoms with Crippen LogP contribution in [0.1, 0.15) is 44.1 Å². The molecule has 0 N–H and O–H groups in total. The molecule has 0 bridgehead atoms. The second-order valence-corrected chi connectivity index (χ2v) is 5.53. The highest BCUT2D eigenvalue weighted by Gasteiger charge is 2.24. The minimum Gasteiger partial charge on any atom is -0.341 e. The van der Waals surface area contributed by atoms with Crippen LogP contribution in [-0.4, -0.2) is 23.9 Å². The number of nitrogens with zero attached hydrogens (tertiary/aromatic N) is 2. The molecule has 2 unspecified atom stereocenters. The van der Waals surface area contributed by atoms with E-state index in [9.17, 15) is 10.1 Å². The van der Waals surface area contributed by atoms with E-state index in [2.05, 4.69) is 13.0 Å². The van der Waals surface area contributed by atoms with Crippen LogP contribution in [0.3, 0.4) is 0 Å². The predicted molar refractivity (Wildman–Crippen MR) is 79.0 cm³/mol. The molecule has 1 fully saturated rings. The molecular formula is C17H22N2O. The smallest absolute Gasteiger partial charge is 0.222 e. The maximum absolute atomic E-state index is 12.2. The lowest BCUT2D eigenvalue weighted by Crippen LogP contribution is -2.34. The first-order valence-corrected chi connectivity index (χ1v) is 7.47. The quantitative estimate of drug-likeness (QED) is 0.842. The summed E-state index contributed by atoms with van der Waals surface area (Å²) in [5.74, 6) is 0.636. The van der Waals surface area contributed by atoms with Crippen molar-refractivity contribution in [2.75, 3.05) is 13.1 Å². The standard InChI is InChI=1S/C17H22N2O/c1-2-14-8-9-17(20)19(11-10-14)13-16(12-18)15-6-4-3-5-7-15/h3-7,14,16H,2,8-11,13H2,1H3. The molecule has 1 aromatic rings. The Bertz CT molecular complexity index is 478. The Morgan fingerprint density at radius 1 is 1.35 bits per heavy atom. The summed E-state index contributed by atoms with van der Waals surface area (Å²) in [6.07, 6.45) is 3.83. The zero-order chi connectivity index (χ0) is 14.4. The average Bonchev–Trinajstić information content (AvgIpc) is 2.67. The molecule has 0 saturated carbocycles. The van der Waals surface area contributed by atoms with Gasteiger partial charge in [-0.3, -0.25) is 4.79 Å². The van der Waals surface area contributed by atoms with Gasteiger partial charge in [0.1, 0.15) is 0 Å². The van der Waals surface area contributed by atoms with E-state index in [0.717, 1.165) is 31.4 Å². The third-order valence-corrected chi connectivity index (χ3v) is 4.26. The summed E-state index contributed by atoms with van der Waals surface area (Å²) >= 11 is 0. The van der Waals surface area contributed by atoms with Gasteiger partial charge in [-0.15, -0.1) is 0 Å². The predicted octanol–water partition coefficient (Wildman–Crippen LogP) is 3.33. The van der Waals surface area contributed by atoms with Crippen molar-refractivity contribution in [2.24, 2.45) is 5.92 Å². The van der Waals surface area contributed by atoms with Crippen molar-refractivity contribution in [1.29, 1.82) is 5.26 Å². The maximum atomic E-state index is 12.2. The monoisotopic (exact) mass is 270 g/mol. The number of likely N-dealkylation sites (tertiary alicyclic amines) is 1. The van der Waals surface area contributed by atoms with Crippen molar-refractivity contribution in [1.82, 2.24) is 4.90 Å². The summed E-state index contributed by atoms with van der Waals surface area (Å²) in [4.78, 5) is 14.1. The maximum Gasteiger partial charge on any atom is 0.222 e. The Labute approximate surface area is 121 Å². The van der Waals surface area contributed by atoms with Gasteiger partial charge in [0, 0.05) is 19.5 Å². The number of amides is 1. The molecule has 3 nitrogen and oxygen atoms in total. The second-order valence-electron chi connectivity index (χ2n) is 5.53. The summed E-state index contributed by atoms with van der Waals surface area (Å²) in [6, 6.07) is 12.1. The Kier molecular flexibility index (Phi) is 5.17.